The normalized spacial score (nSPS) is 17.1. The van der Waals surface area contributed by atoms with Crippen molar-refractivity contribution >= 4 is 45.9 Å². The van der Waals surface area contributed by atoms with Gasteiger partial charge in [-0.15, -0.1) is 0 Å². The number of carbonyl (C=O) groups excluding carboxylic acids is 3. The maximum absolute atomic E-state index is 13.8. The van der Waals surface area contributed by atoms with Crippen LogP contribution >= 0.6 is 0 Å². The lowest BCUT2D eigenvalue weighted by molar-refractivity contribution is -0.134. The average molecular weight is 858 g/mol. The van der Waals surface area contributed by atoms with Crippen molar-refractivity contribution in [2.24, 2.45) is 14.1 Å². The molecule has 0 bridgehead atoms. The first kappa shape index (κ1) is 40.5. The molecule has 4 amide bonds. The van der Waals surface area contributed by atoms with Crippen LogP contribution in [0.3, 0.4) is 0 Å². The van der Waals surface area contributed by atoms with Gasteiger partial charge in [0.05, 0.1) is 40.4 Å². The second kappa shape index (κ2) is 16.6. The van der Waals surface area contributed by atoms with Crippen molar-refractivity contribution in [3.05, 3.63) is 131 Å². The van der Waals surface area contributed by atoms with Gasteiger partial charge in [0.15, 0.2) is 0 Å². The highest BCUT2D eigenvalue weighted by Gasteiger charge is 2.35. The standard InChI is InChI=1S/C48H47N11O5/c1-4-35-36(18-22-50-45(35)58-26-25-57(48(58)63)33-7-6-21-49-28-33)37-15-12-32(59-29-51-55(3)47(59)62)27-41(37)64-34-13-10-30(11-14-34)31-19-23-56(24-20-31)40-9-5-8-38-43(53-54(2)44(38)40)39-16-17-42(60)52-46(39)61/h5-15,18,21-22,27-29,31,39H,4,16-17,19-20,23-26H2,1-3H3,(H,52,60,61). The Morgan fingerprint density at radius 3 is 2.34 bits per heavy atom. The van der Waals surface area contributed by atoms with Crippen molar-refractivity contribution in [3.63, 3.8) is 0 Å². The number of imide groups is 1. The van der Waals surface area contributed by atoms with E-state index in [4.69, 9.17) is 14.8 Å². The van der Waals surface area contributed by atoms with Crippen LogP contribution in [0.5, 0.6) is 11.5 Å². The smallest absolute Gasteiger partial charge is 0.350 e. The Balaban J connectivity index is 0.899. The summed E-state index contributed by atoms with van der Waals surface area (Å²) < 4.78 is 11.4. The molecule has 0 saturated carbocycles. The van der Waals surface area contributed by atoms with E-state index in [9.17, 15) is 19.2 Å². The number of fused-ring (bicyclic) bond motifs is 1. The molecule has 1 atom stereocenters. The van der Waals surface area contributed by atoms with E-state index in [0.29, 0.717) is 61.3 Å². The second-order valence-corrected chi connectivity index (χ2v) is 16.5. The quantitative estimate of drug-likeness (QED) is 0.148. The van der Waals surface area contributed by atoms with E-state index in [0.717, 1.165) is 70.6 Å². The number of urea groups is 1. The summed E-state index contributed by atoms with van der Waals surface area (Å²) in [4.78, 5) is 66.3. The Kier molecular flexibility index (Phi) is 10.5. The lowest BCUT2D eigenvalue weighted by Crippen LogP contribution is -2.39. The minimum atomic E-state index is -0.453. The highest BCUT2D eigenvalue weighted by atomic mass is 16.5. The van der Waals surface area contributed by atoms with E-state index < -0.39 is 5.92 Å². The second-order valence-electron chi connectivity index (χ2n) is 16.5. The molecule has 64 heavy (non-hydrogen) atoms. The zero-order chi connectivity index (χ0) is 44.1. The Morgan fingerprint density at radius 2 is 1.61 bits per heavy atom. The summed E-state index contributed by atoms with van der Waals surface area (Å²) in [5, 5.41) is 12.4. The number of hydrogen-bond acceptors (Lipinski definition) is 10. The van der Waals surface area contributed by atoms with Gasteiger partial charge in [-0.25, -0.2) is 23.8 Å². The molecule has 1 N–H and O–H groups in total. The van der Waals surface area contributed by atoms with Crippen molar-refractivity contribution < 1.29 is 19.1 Å². The summed E-state index contributed by atoms with van der Waals surface area (Å²) in [6, 6.07) is 25.6. The Hall–Kier alpha value is -7.62. The molecule has 3 aliphatic heterocycles. The van der Waals surface area contributed by atoms with Crippen LogP contribution in [0.2, 0.25) is 0 Å². The van der Waals surface area contributed by atoms with Gasteiger partial charge in [-0.3, -0.25) is 34.4 Å². The minimum Gasteiger partial charge on any atom is -0.457 e. The maximum Gasteiger partial charge on any atom is 0.350 e. The minimum absolute atomic E-state index is 0.160. The number of aromatic nitrogens is 7. The molecular formula is C48H47N11O5. The van der Waals surface area contributed by atoms with Crippen molar-refractivity contribution in [3.8, 4) is 28.3 Å². The van der Waals surface area contributed by atoms with Crippen LogP contribution in [-0.2, 0) is 30.1 Å². The number of benzene rings is 3. The molecule has 0 spiro atoms. The van der Waals surface area contributed by atoms with Crippen molar-refractivity contribution in [1.29, 1.82) is 0 Å². The Morgan fingerprint density at radius 1 is 0.797 bits per heavy atom. The summed E-state index contributed by atoms with van der Waals surface area (Å²) in [5.74, 6) is 1.15. The van der Waals surface area contributed by atoms with E-state index in [2.05, 4.69) is 45.4 Å². The number of piperidine rings is 2. The molecule has 7 aromatic rings. The lowest BCUT2D eigenvalue weighted by Gasteiger charge is -2.34. The molecule has 3 fully saturated rings. The molecule has 16 heteroatoms. The fourth-order valence-corrected chi connectivity index (χ4v) is 9.53. The summed E-state index contributed by atoms with van der Waals surface area (Å²) in [7, 11) is 3.53. The number of ether oxygens (including phenoxy) is 1. The molecule has 3 saturated heterocycles. The molecule has 324 valence electrons. The number of anilines is 3. The predicted molar refractivity (Wildman–Crippen MR) is 242 cm³/mol. The highest BCUT2D eigenvalue weighted by molar-refractivity contribution is 6.06. The topological polar surface area (TPSA) is 166 Å². The third kappa shape index (κ3) is 7.23. The molecule has 4 aromatic heterocycles. The van der Waals surface area contributed by atoms with Gasteiger partial charge in [-0.2, -0.15) is 10.2 Å². The number of nitrogens with zero attached hydrogens (tertiary/aromatic N) is 10. The predicted octanol–water partition coefficient (Wildman–Crippen LogP) is 6.62. The Bertz CT molecular complexity index is 2990. The van der Waals surface area contributed by atoms with Gasteiger partial charge < -0.3 is 9.64 Å². The van der Waals surface area contributed by atoms with Crippen LogP contribution in [0.15, 0.2) is 109 Å². The van der Waals surface area contributed by atoms with E-state index in [1.54, 1.807) is 35.4 Å². The van der Waals surface area contributed by atoms with Gasteiger partial charge in [-0.05, 0) is 91.3 Å². The van der Waals surface area contributed by atoms with Gasteiger partial charge >= 0.3 is 11.7 Å². The number of aryl methyl sites for hydroxylation is 2. The van der Waals surface area contributed by atoms with Gasteiger partial charge in [0.25, 0.3) is 0 Å². The number of hydrogen-bond donors (Lipinski definition) is 1. The molecular weight excluding hydrogens is 811 g/mol. The molecule has 0 radical (unpaired) electrons. The number of amides is 4. The molecule has 3 aromatic carbocycles. The van der Waals surface area contributed by atoms with Crippen molar-refractivity contribution in [2.45, 2.75) is 50.9 Å². The van der Waals surface area contributed by atoms with Crippen LogP contribution < -0.4 is 30.4 Å². The first-order valence-electron chi connectivity index (χ1n) is 21.7. The number of para-hydroxylation sites is 1. The molecule has 10 rings (SSSR count). The molecule has 0 aliphatic carbocycles. The fraction of sp³-hybridized carbons (Fsp3) is 0.292. The van der Waals surface area contributed by atoms with Gasteiger partial charge in [0, 0.05) is 81.7 Å². The van der Waals surface area contributed by atoms with Crippen LogP contribution in [-0.4, -0.2) is 78.1 Å². The van der Waals surface area contributed by atoms with Crippen molar-refractivity contribution in [1.82, 2.24) is 39.4 Å². The van der Waals surface area contributed by atoms with Crippen LogP contribution in [0.25, 0.3) is 27.7 Å². The SMILES string of the molecule is CCc1c(-c2ccc(-n3cnn(C)c3=O)cc2Oc2ccc(C3CCN(c4cccc5c(C6CCC(=O)NC6=O)nn(C)c45)CC3)cc2)ccnc1N1CCN(c2cccnc2)C1=O. The monoisotopic (exact) mass is 857 g/mol. The maximum atomic E-state index is 13.8. The van der Waals surface area contributed by atoms with Crippen LogP contribution in [0.1, 0.15) is 61.3 Å². The zero-order valence-electron chi connectivity index (χ0n) is 35.8. The third-order valence-electron chi connectivity index (χ3n) is 12.8. The number of rotatable bonds is 10. The van der Waals surface area contributed by atoms with E-state index in [1.165, 1.54) is 21.1 Å². The summed E-state index contributed by atoms with van der Waals surface area (Å²) in [6.07, 6.45) is 9.86. The Labute approximate surface area is 368 Å². The largest absolute Gasteiger partial charge is 0.457 e. The number of carbonyl (C=O) groups is 3. The van der Waals surface area contributed by atoms with Gasteiger partial charge in [0.1, 0.15) is 23.6 Å². The average Bonchev–Trinajstić information content (AvgIpc) is 3.99. The lowest BCUT2D eigenvalue weighted by atomic mass is 9.89. The fourth-order valence-electron chi connectivity index (χ4n) is 9.53. The number of pyridine rings is 2. The van der Waals surface area contributed by atoms with Crippen LogP contribution in [0, 0.1) is 0 Å². The van der Waals surface area contributed by atoms with Gasteiger partial charge in [0.2, 0.25) is 11.8 Å². The summed E-state index contributed by atoms with van der Waals surface area (Å²) >= 11 is 0. The van der Waals surface area contributed by atoms with Crippen molar-refractivity contribution in [2.75, 3.05) is 40.9 Å². The first-order chi connectivity index (χ1) is 31.2. The van der Waals surface area contributed by atoms with E-state index >= 15 is 0 Å². The van der Waals surface area contributed by atoms with E-state index in [1.807, 2.05) is 72.4 Å². The third-order valence-corrected chi connectivity index (χ3v) is 12.8. The molecule has 7 heterocycles. The molecule has 3 aliphatic rings. The van der Waals surface area contributed by atoms with Gasteiger partial charge in [-0.1, -0.05) is 31.2 Å². The zero-order valence-corrected chi connectivity index (χ0v) is 35.8. The number of nitrogens with one attached hydrogen (secondary N) is 1. The summed E-state index contributed by atoms with van der Waals surface area (Å²) in [6.45, 7) is 4.74. The highest BCUT2D eigenvalue weighted by Crippen LogP contribution is 2.42. The summed E-state index contributed by atoms with van der Waals surface area (Å²) in [5.41, 5.74) is 7.64. The first-order valence-corrected chi connectivity index (χ1v) is 21.7. The molecule has 16 nitrogen and oxygen atoms in total. The van der Waals surface area contributed by atoms with E-state index in [-0.39, 0.29) is 23.5 Å². The van der Waals surface area contributed by atoms with Crippen LogP contribution in [0.4, 0.5) is 22.0 Å². The molecule has 1 unspecified atom stereocenters.